The quantitative estimate of drug-likeness (QED) is 0.347. The maximum atomic E-state index is 4.45. The third kappa shape index (κ3) is 1.89. The minimum atomic E-state index is 1.21. The van der Waals surface area contributed by atoms with Crippen molar-refractivity contribution in [3.05, 3.63) is 71.4 Å². The first-order valence-corrected chi connectivity index (χ1v) is 10.1. The van der Waals surface area contributed by atoms with E-state index in [1.54, 1.807) is 10.4 Å². The third-order valence-corrected chi connectivity index (χ3v) is 6.99. The lowest BCUT2D eigenvalue weighted by atomic mass is 9.96. The van der Waals surface area contributed by atoms with E-state index >= 15 is 0 Å². The fourth-order valence-corrected chi connectivity index (χ4v) is 5.97. The number of aryl methyl sites for hydroxylation is 2. The summed E-state index contributed by atoms with van der Waals surface area (Å²) in [5.41, 5.74) is 5.33. The van der Waals surface area contributed by atoms with Gasteiger partial charge in [-0.3, -0.25) is 4.98 Å². The predicted octanol–water partition coefficient (Wildman–Crippen LogP) is 6.27. The van der Waals surface area contributed by atoms with Crippen LogP contribution in [0.5, 0.6) is 0 Å². The van der Waals surface area contributed by atoms with Crippen LogP contribution in [0.2, 0.25) is 0 Å². The summed E-state index contributed by atoms with van der Waals surface area (Å²) in [7, 11) is 0. The molecule has 0 radical (unpaired) electrons. The summed E-state index contributed by atoms with van der Waals surface area (Å²) in [6, 6.07) is 17.5. The molecule has 126 valence electrons. The molecule has 6 rings (SSSR count). The molecule has 0 aliphatic heterocycles. The van der Waals surface area contributed by atoms with Gasteiger partial charge in [0.05, 0.1) is 11.0 Å². The molecule has 2 nitrogen and oxygen atoms in total. The Balaban J connectivity index is 1.82. The van der Waals surface area contributed by atoms with Gasteiger partial charge in [-0.25, -0.2) is 0 Å². The molecule has 1 aliphatic rings. The molecule has 2 aromatic carbocycles. The van der Waals surface area contributed by atoms with E-state index in [0.717, 1.165) is 0 Å². The van der Waals surface area contributed by atoms with E-state index in [4.69, 9.17) is 0 Å². The normalized spacial score (nSPS) is 14.3. The highest BCUT2D eigenvalue weighted by Gasteiger charge is 2.21. The molecule has 0 spiro atoms. The Kier molecular flexibility index (Phi) is 3.03. The Morgan fingerprint density at radius 3 is 2.65 bits per heavy atom. The number of fused-ring (bicyclic) bond motifs is 7. The highest BCUT2D eigenvalue weighted by Crippen LogP contribution is 2.43. The number of benzene rings is 2. The molecule has 0 N–H and O–H groups in total. The molecule has 3 heterocycles. The topological polar surface area (TPSA) is 17.8 Å². The number of para-hydroxylation sites is 1. The van der Waals surface area contributed by atoms with E-state index < -0.39 is 0 Å². The average Bonchev–Trinajstić information content (AvgIpc) is 3.24. The molecule has 3 aromatic heterocycles. The van der Waals surface area contributed by atoms with Crippen molar-refractivity contribution in [1.82, 2.24) is 9.55 Å². The second kappa shape index (κ2) is 5.42. The first-order valence-electron chi connectivity index (χ1n) is 9.28. The largest absolute Gasteiger partial charge is 0.309 e. The Bertz CT molecular complexity index is 1280. The maximum Gasteiger partial charge on any atom is 0.0572 e. The minimum absolute atomic E-state index is 1.21. The van der Waals surface area contributed by atoms with Gasteiger partial charge in [0.2, 0.25) is 0 Å². The first-order chi connectivity index (χ1) is 12.9. The van der Waals surface area contributed by atoms with Crippen LogP contribution < -0.4 is 0 Å². The molecule has 0 saturated heterocycles. The highest BCUT2D eigenvalue weighted by molar-refractivity contribution is 7.20. The van der Waals surface area contributed by atoms with Gasteiger partial charge in [0.25, 0.3) is 0 Å². The van der Waals surface area contributed by atoms with E-state index in [2.05, 4.69) is 58.1 Å². The molecular weight excluding hydrogens is 336 g/mol. The second-order valence-corrected chi connectivity index (χ2v) is 8.22. The minimum Gasteiger partial charge on any atom is -0.309 e. The van der Waals surface area contributed by atoms with Gasteiger partial charge in [-0.05, 0) is 60.9 Å². The predicted molar refractivity (Wildman–Crippen MR) is 111 cm³/mol. The van der Waals surface area contributed by atoms with E-state index in [9.17, 15) is 0 Å². The number of hydrogen-bond acceptors (Lipinski definition) is 2. The van der Waals surface area contributed by atoms with Crippen LogP contribution in [-0.4, -0.2) is 9.55 Å². The van der Waals surface area contributed by atoms with Crippen molar-refractivity contribution in [1.29, 1.82) is 0 Å². The van der Waals surface area contributed by atoms with Gasteiger partial charge in [0.1, 0.15) is 0 Å². The summed E-state index contributed by atoms with van der Waals surface area (Å²) in [6.45, 7) is 0. The number of aromatic nitrogens is 2. The molecule has 0 fully saturated rings. The zero-order chi connectivity index (χ0) is 17.1. The van der Waals surface area contributed by atoms with E-state index in [0.29, 0.717) is 0 Å². The molecule has 26 heavy (non-hydrogen) atoms. The van der Waals surface area contributed by atoms with Crippen molar-refractivity contribution in [2.75, 3.05) is 0 Å². The third-order valence-electron chi connectivity index (χ3n) is 5.67. The number of thiophene rings is 1. The molecule has 1 aliphatic carbocycles. The lowest BCUT2D eigenvalue weighted by Gasteiger charge is -2.10. The van der Waals surface area contributed by atoms with Gasteiger partial charge in [0.15, 0.2) is 0 Å². The second-order valence-electron chi connectivity index (χ2n) is 7.11. The monoisotopic (exact) mass is 354 g/mol. The molecule has 0 amide bonds. The van der Waals surface area contributed by atoms with Crippen LogP contribution in [-0.2, 0) is 12.8 Å². The van der Waals surface area contributed by atoms with E-state index in [1.807, 2.05) is 23.7 Å². The van der Waals surface area contributed by atoms with Gasteiger partial charge in [-0.1, -0.05) is 24.3 Å². The van der Waals surface area contributed by atoms with Crippen molar-refractivity contribution in [3.63, 3.8) is 0 Å². The van der Waals surface area contributed by atoms with E-state index in [1.165, 1.54) is 63.3 Å². The maximum absolute atomic E-state index is 4.45. The Labute approximate surface area is 155 Å². The van der Waals surface area contributed by atoms with Gasteiger partial charge >= 0.3 is 0 Å². The summed E-state index contributed by atoms with van der Waals surface area (Å²) in [5, 5.41) is 4.09. The average molecular weight is 354 g/mol. The van der Waals surface area contributed by atoms with Crippen molar-refractivity contribution >= 4 is 43.2 Å². The van der Waals surface area contributed by atoms with Gasteiger partial charge in [-0.15, -0.1) is 11.3 Å². The van der Waals surface area contributed by atoms with Gasteiger partial charge < -0.3 is 4.57 Å². The lowest BCUT2D eigenvalue weighted by Crippen LogP contribution is -1.97. The number of rotatable bonds is 1. The standard InChI is InChI=1S/C23H18N2S/c1-2-6-15(7-3-1)25-19-12-13-24-14-18(19)22-20(25)11-10-17-16-8-4-5-9-21(16)26-23(17)22/h1-3,6-7,10-14H,4-5,8-9H2. The van der Waals surface area contributed by atoms with Crippen LogP contribution in [0.4, 0.5) is 0 Å². The van der Waals surface area contributed by atoms with Crippen molar-refractivity contribution in [2.45, 2.75) is 25.7 Å². The molecule has 0 bridgehead atoms. The Hall–Kier alpha value is -2.65. The van der Waals surface area contributed by atoms with Crippen LogP contribution >= 0.6 is 11.3 Å². The summed E-state index contributed by atoms with van der Waals surface area (Å²) < 4.78 is 3.83. The summed E-state index contributed by atoms with van der Waals surface area (Å²) in [4.78, 5) is 6.05. The van der Waals surface area contributed by atoms with Crippen LogP contribution in [0.25, 0.3) is 37.6 Å². The number of hydrogen-bond donors (Lipinski definition) is 0. The van der Waals surface area contributed by atoms with E-state index in [-0.39, 0.29) is 0 Å². The lowest BCUT2D eigenvalue weighted by molar-refractivity contribution is 0.700. The Morgan fingerprint density at radius 2 is 1.73 bits per heavy atom. The smallest absolute Gasteiger partial charge is 0.0572 e. The molecule has 3 heteroatoms. The zero-order valence-electron chi connectivity index (χ0n) is 14.4. The van der Waals surface area contributed by atoms with Crippen molar-refractivity contribution in [3.8, 4) is 5.69 Å². The van der Waals surface area contributed by atoms with Crippen LogP contribution in [0.3, 0.4) is 0 Å². The van der Waals surface area contributed by atoms with Gasteiger partial charge in [-0.2, -0.15) is 0 Å². The fourth-order valence-electron chi connectivity index (χ4n) is 4.52. The number of pyridine rings is 1. The van der Waals surface area contributed by atoms with Crippen molar-refractivity contribution in [2.24, 2.45) is 0 Å². The molecule has 0 unspecified atom stereocenters. The summed E-state index contributed by atoms with van der Waals surface area (Å²) in [6.07, 6.45) is 9.06. The number of nitrogens with zero attached hydrogens (tertiary/aromatic N) is 2. The van der Waals surface area contributed by atoms with Crippen LogP contribution in [0, 0.1) is 0 Å². The molecule has 5 aromatic rings. The van der Waals surface area contributed by atoms with Gasteiger partial charge in [0, 0.05) is 38.4 Å². The molecular formula is C23H18N2S. The summed E-state index contributed by atoms with van der Waals surface area (Å²) >= 11 is 2.01. The summed E-state index contributed by atoms with van der Waals surface area (Å²) in [5.74, 6) is 0. The zero-order valence-corrected chi connectivity index (χ0v) is 15.2. The van der Waals surface area contributed by atoms with Crippen molar-refractivity contribution < 1.29 is 0 Å². The fraction of sp³-hybridized carbons (Fsp3) is 0.174. The SMILES string of the molecule is c1ccc(-n2c3ccncc3c3c4sc5c(c4ccc32)CCCC5)cc1. The molecule has 0 saturated carbocycles. The molecule has 0 atom stereocenters. The van der Waals surface area contributed by atoms with Crippen LogP contribution in [0.15, 0.2) is 60.9 Å². The highest BCUT2D eigenvalue weighted by atomic mass is 32.1. The Morgan fingerprint density at radius 1 is 0.846 bits per heavy atom. The first kappa shape index (κ1) is 14.5. The van der Waals surface area contributed by atoms with Crippen LogP contribution in [0.1, 0.15) is 23.3 Å².